The lowest BCUT2D eigenvalue weighted by atomic mass is 9.74. The van der Waals surface area contributed by atoms with Crippen LogP contribution in [0.3, 0.4) is 0 Å². The van der Waals surface area contributed by atoms with Gasteiger partial charge in [-0.15, -0.1) is 0 Å². The van der Waals surface area contributed by atoms with Crippen LogP contribution in [0, 0.1) is 11.8 Å². The number of aliphatic hydroxyl groups excluding tert-OH is 3. The molecule has 1 saturated carbocycles. The average Bonchev–Trinajstić information content (AvgIpc) is 3.70. The van der Waals surface area contributed by atoms with Gasteiger partial charge >= 0.3 is 18.3 Å². The molecule has 0 unspecified atom stereocenters. The van der Waals surface area contributed by atoms with Crippen molar-refractivity contribution in [2.45, 2.75) is 146 Å². The Labute approximate surface area is 424 Å². The first-order valence-electron chi connectivity index (χ1n) is 24.8. The molecule has 0 spiro atoms. The van der Waals surface area contributed by atoms with Crippen molar-refractivity contribution in [1.29, 1.82) is 0 Å². The Morgan fingerprint density at radius 1 is 0.630 bits per heavy atom. The van der Waals surface area contributed by atoms with E-state index in [4.69, 9.17) is 48.4 Å². The number of rotatable bonds is 22. The van der Waals surface area contributed by atoms with Crippen LogP contribution in [0.25, 0.3) is 0 Å². The van der Waals surface area contributed by atoms with Gasteiger partial charge in [-0.3, -0.25) is 4.79 Å². The molecule has 1 aliphatic carbocycles. The molecule has 2 fully saturated rings. The summed E-state index contributed by atoms with van der Waals surface area (Å²) in [5.74, 6) is -1.22. The SMILES string of the molecule is CC[C@@H]1C=C[C@@H](NC(=O)OCc2ccccc2)[C@@H](O[C@H]2[C@H](O[C@@H]3O[C@H](CO)[C@@H](O[C@H]4O[C@@H](CNC(=O)OCc5ccccc5)C=C[C@H]4NC(=O)OCc4ccccc4)[C@H]3O)[C@@H](O)[C@H](CCCC(N)=O)C[C@@H]2C)O1. The summed E-state index contributed by atoms with van der Waals surface area (Å²) in [5, 5.41) is 43.1. The topological polar surface area (TPSA) is 274 Å². The average molecular weight is 1020 g/mol. The first-order valence-corrected chi connectivity index (χ1v) is 24.8. The number of carbonyl (C=O) groups excluding carboxylic acids is 4. The highest BCUT2D eigenvalue weighted by molar-refractivity contribution is 5.73. The molecule has 0 aromatic heterocycles. The van der Waals surface area contributed by atoms with Crippen molar-refractivity contribution in [2.24, 2.45) is 17.6 Å². The van der Waals surface area contributed by atoms with Crippen LogP contribution in [0.15, 0.2) is 115 Å². The van der Waals surface area contributed by atoms with E-state index in [1.54, 1.807) is 30.4 Å². The molecular formula is C53H68N4O16. The highest BCUT2D eigenvalue weighted by atomic mass is 16.8. The molecule has 4 aliphatic rings. The summed E-state index contributed by atoms with van der Waals surface area (Å²) < 4.78 is 54.8. The van der Waals surface area contributed by atoms with E-state index in [1.165, 1.54) is 0 Å². The summed E-state index contributed by atoms with van der Waals surface area (Å²) in [6, 6.07) is 25.6. The van der Waals surface area contributed by atoms with Gasteiger partial charge in [0.05, 0.1) is 37.6 Å². The third-order valence-corrected chi connectivity index (χ3v) is 13.0. The maximum Gasteiger partial charge on any atom is 0.408 e. The zero-order valence-electron chi connectivity index (χ0n) is 40.9. The highest BCUT2D eigenvalue weighted by Crippen LogP contribution is 2.40. The van der Waals surface area contributed by atoms with E-state index in [1.807, 2.05) is 98.8 Å². The molecule has 1 saturated heterocycles. The predicted molar refractivity (Wildman–Crippen MR) is 260 cm³/mol. The number of nitrogens with one attached hydrogen (secondary N) is 3. The molecule has 8 N–H and O–H groups in total. The summed E-state index contributed by atoms with van der Waals surface area (Å²) in [7, 11) is 0. The lowest BCUT2D eigenvalue weighted by Gasteiger charge is -2.46. The van der Waals surface area contributed by atoms with Crippen LogP contribution < -0.4 is 21.7 Å². The van der Waals surface area contributed by atoms with Crippen molar-refractivity contribution < 1.29 is 77.1 Å². The predicted octanol–water partition coefficient (Wildman–Crippen LogP) is 4.38. The Morgan fingerprint density at radius 2 is 1.12 bits per heavy atom. The van der Waals surface area contributed by atoms with E-state index in [9.17, 15) is 34.5 Å². The zero-order valence-corrected chi connectivity index (χ0v) is 40.9. The molecule has 20 heteroatoms. The number of hydrogen-bond acceptors (Lipinski definition) is 16. The van der Waals surface area contributed by atoms with Crippen molar-refractivity contribution in [3.05, 3.63) is 132 Å². The molecule has 20 nitrogen and oxygen atoms in total. The number of amides is 4. The number of benzene rings is 3. The fourth-order valence-electron chi connectivity index (χ4n) is 9.18. The molecule has 3 aromatic carbocycles. The van der Waals surface area contributed by atoms with Crippen molar-refractivity contribution in [1.82, 2.24) is 16.0 Å². The Bertz CT molecular complexity index is 2260. The standard InChI is InChI=1S/C53H68N4O16/c1-3-37-22-24-39(56-52(63)66-30-34-16-9-5-10-17-34)48(68-37)71-45-32(2)26-36(20-13-21-42(54)59)43(60)47(45)73-50-44(61)46(41(28-58)70-50)72-49-40(57-53(64)67-31-35-18-11-6-12-19-35)25-23-38(69-49)27-55-51(62)65-29-33-14-7-4-8-15-33/h4-12,14-19,22-25,32,36-41,43-50,58,60-61H,3,13,20-21,26-31H2,1-2H3,(H2,54,59)(H,55,62)(H,56,63)(H,57,64)/t32-,36+,37+,38+,39+,40+,41+,43-,44+,45+,46+,47+,48+,49+,50-/m0/s1. The van der Waals surface area contributed by atoms with Gasteiger partial charge < -0.3 is 79.6 Å². The van der Waals surface area contributed by atoms with Gasteiger partial charge in [-0.05, 0) is 54.2 Å². The molecule has 4 amide bonds. The normalized spacial score (nSPS) is 30.7. The highest BCUT2D eigenvalue weighted by Gasteiger charge is 2.53. The fraction of sp³-hybridized carbons (Fsp3) is 0.509. The van der Waals surface area contributed by atoms with Crippen LogP contribution in [-0.4, -0.2) is 132 Å². The molecular weight excluding hydrogens is 949 g/mol. The molecule has 0 radical (unpaired) electrons. The maximum atomic E-state index is 13.2. The number of hydrogen-bond donors (Lipinski definition) is 7. The van der Waals surface area contributed by atoms with Crippen molar-refractivity contribution in [3.8, 4) is 0 Å². The first kappa shape index (κ1) is 54.8. The van der Waals surface area contributed by atoms with E-state index in [0.29, 0.717) is 25.7 Å². The quantitative estimate of drug-likeness (QED) is 0.0544. The van der Waals surface area contributed by atoms with Crippen molar-refractivity contribution in [3.63, 3.8) is 0 Å². The number of primary amides is 1. The van der Waals surface area contributed by atoms with Crippen LogP contribution in [0.2, 0.25) is 0 Å². The smallest absolute Gasteiger partial charge is 0.408 e. The number of nitrogens with two attached hydrogens (primary N) is 1. The third-order valence-electron chi connectivity index (χ3n) is 13.0. The molecule has 0 bridgehead atoms. The largest absolute Gasteiger partial charge is 0.445 e. The lowest BCUT2D eigenvalue weighted by Crippen LogP contribution is -2.58. The fourth-order valence-corrected chi connectivity index (χ4v) is 9.18. The number of carbonyl (C=O) groups is 4. The minimum Gasteiger partial charge on any atom is -0.445 e. The molecule has 73 heavy (non-hydrogen) atoms. The second-order valence-electron chi connectivity index (χ2n) is 18.5. The Balaban J connectivity index is 1.06. The summed E-state index contributed by atoms with van der Waals surface area (Å²) in [6.45, 7) is 3.15. The molecule has 7 rings (SSSR count). The Hall–Kier alpha value is -5.94. The second-order valence-corrected chi connectivity index (χ2v) is 18.5. The lowest BCUT2D eigenvalue weighted by molar-refractivity contribution is -0.291. The second kappa shape index (κ2) is 27.4. The molecule has 3 heterocycles. The van der Waals surface area contributed by atoms with Gasteiger partial charge in [0.2, 0.25) is 5.91 Å². The monoisotopic (exact) mass is 1020 g/mol. The first-order chi connectivity index (χ1) is 35.4. The van der Waals surface area contributed by atoms with Gasteiger partial charge in [-0.25, -0.2) is 14.4 Å². The van der Waals surface area contributed by atoms with Crippen molar-refractivity contribution >= 4 is 24.2 Å². The van der Waals surface area contributed by atoms with E-state index in [2.05, 4.69) is 16.0 Å². The van der Waals surface area contributed by atoms with Crippen LogP contribution in [0.4, 0.5) is 14.4 Å². The summed E-state index contributed by atoms with van der Waals surface area (Å²) in [4.78, 5) is 50.7. The van der Waals surface area contributed by atoms with Gasteiger partial charge in [0.15, 0.2) is 18.9 Å². The molecule has 396 valence electrons. The minimum atomic E-state index is -1.63. The number of aliphatic hydroxyl groups is 3. The van der Waals surface area contributed by atoms with E-state index < -0.39 is 110 Å². The molecule has 3 aromatic rings. The van der Waals surface area contributed by atoms with Crippen LogP contribution in [0.1, 0.15) is 62.6 Å². The van der Waals surface area contributed by atoms with Gasteiger partial charge in [0.1, 0.15) is 56.3 Å². The summed E-state index contributed by atoms with van der Waals surface area (Å²) in [6.07, 6.45) is -6.22. The summed E-state index contributed by atoms with van der Waals surface area (Å²) in [5.41, 5.74) is 7.80. The summed E-state index contributed by atoms with van der Waals surface area (Å²) >= 11 is 0. The van der Waals surface area contributed by atoms with E-state index >= 15 is 0 Å². The maximum absolute atomic E-state index is 13.2. The zero-order chi connectivity index (χ0) is 51.7. The van der Waals surface area contributed by atoms with E-state index in [-0.39, 0.29) is 44.8 Å². The third kappa shape index (κ3) is 16.0. The molecule has 3 aliphatic heterocycles. The number of alkyl carbamates (subject to hydrolysis) is 3. The van der Waals surface area contributed by atoms with Crippen molar-refractivity contribution in [2.75, 3.05) is 13.2 Å². The Morgan fingerprint density at radius 3 is 1.64 bits per heavy atom. The minimum absolute atomic E-state index is 0.0288. The van der Waals surface area contributed by atoms with Gasteiger partial charge in [0.25, 0.3) is 0 Å². The van der Waals surface area contributed by atoms with Gasteiger partial charge in [-0.2, -0.15) is 0 Å². The molecule has 15 atom stereocenters. The Kier molecular flexibility index (Phi) is 20.6. The van der Waals surface area contributed by atoms with Crippen LogP contribution in [-0.2, 0) is 67.2 Å². The van der Waals surface area contributed by atoms with Gasteiger partial charge in [-0.1, -0.05) is 129 Å². The van der Waals surface area contributed by atoms with Gasteiger partial charge in [0, 0.05) is 6.42 Å². The van der Waals surface area contributed by atoms with Crippen LogP contribution in [0.5, 0.6) is 0 Å². The van der Waals surface area contributed by atoms with Crippen LogP contribution >= 0.6 is 0 Å². The number of ether oxygens (including phenoxy) is 9. The van der Waals surface area contributed by atoms with E-state index in [0.717, 1.165) is 16.7 Å².